The van der Waals surface area contributed by atoms with Gasteiger partial charge in [-0.2, -0.15) is 5.10 Å². The number of thiazole rings is 1. The van der Waals surface area contributed by atoms with Crippen molar-refractivity contribution in [2.75, 3.05) is 58.3 Å². The topological polar surface area (TPSA) is 212 Å². The molecule has 0 aliphatic carbocycles. The normalized spacial score (nSPS) is 16.8. The van der Waals surface area contributed by atoms with Gasteiger partial charge in [0.15, 0.2) is 5.65 Å². The number of unbranched alkanes of at least 4 members (excludes halogenated alkanes) is 5. The first kappa shape index (κ1) is 54.9. The third kappa shape index (κ3) is 15.0. The van der Waals surface area contributed by atoms with Gasteiger partial charge in [-0.25, -0.2) is 19.6 Å². The number of nitrogens with two attached hydrogens (primary N) is 1. The molecule has 5 heterocycles. The molecule has 3 aromatic heterocycles. The van der Waals surface area contributed by atoms with Gasteiger partial charge in [0.05, 0.1) is 33.6 Å². The number of β-amino-alcohol motifs (C(OH)–C–C–N with tert-alkyl or cyclic N) is 1. The number of anilines is 1. The van der Waals surface area contributed by atoms with E-state index < -0.39 is 35.4 Å². The van der Waals surface area contributed by atoms with Crippen molar-refractivity contribution in [1.82, 2.24) is 45.2 Å². The molecule has 2 saturated heterocycles. The van der Waals surface area contributed by atoms with Crippen LogP contribution in [0.15, 0.2) is 90.7 Å². The Hall–Kier alpha value is -6.31. The highest BCUT2D eigenvalue weighted by molar-refractivity contribution is 7.13. The fraction of sp³-hybridized carbons (Fsp3) is 0.491. The monoisotopic (exact) mass is 1040 g/mol. The van der Waals surface area contributed by atoms with Gasteiger partial charge in [-0.1, -0.05) is 76.1 Å². The maximum Gasteiger partial charge on any atom is 0.246 e. The third-order valence-electron chi connectivity index (χ3n) is 14.1. The van der Waals surface area contributed by atoms with Crippen molar-refractivity contribution in [3.05, 3.63) is 102 Å². The van der Waals surface area contributed by atoms with E-state index >= 15 is 0 Å². The number of amides is 3. The van der Waals surface area contributed by atoms with Crippen molar-refractivity contribution in [3.63, 3.8) is 0 Å². The first-order chi connectivity index (χ1) is 36.3. The van der Waals surface area contributed by atoms with Gasteiger partial charge in [0, 0.05) is 58.0 Å². The molecule has 17 nitrogen and oxygen atoms in total. The van der Waals surface area contributed by atoms with Gasteiger partial charge >= 0.3 is 0 Å². The molecule has 75 heavy (non-hydrogen) atoms. The van der Waals surface area contributed by atoms with Gasteiger partial charge < -0.3 is 45.5 Å². The number of hydrogen-bond acceptors (Lipinski definition) is 14. The molecule has 2 aliphatic heterocycles. The van der Waals surface area contributed by atoms with Crippen LogP contribution in [-0.2, 0) is 30.4 Å². The minimum Gasteiger partial charge on any atom is -0.457 e. The van der Waals surface area contributed by atoms with E-state index in [4.69, 9.17) is 25.0 Å². The number of benzene rings is 3. The lowest BCUT2D eigenvalue weighted by Gasteiger charge is -2.35. The standard InChI is InChI=1S/C57H74N10O7S/c1-39-51(75-38-62-39)42-19-17-40(18-20-42)34-59-55(70)47-33-44(68)35-66(47)56(71)52(57(2,3)4)63-48(69)36-73-32-14-8-13-31-72-30-12-6-5-11-27-65-28-25-43(26-29-65)67-54-49(53(58)60-37-61-54)50(64-67)41-21-23-46(24-22-41)74-45-15-9-7-10-16-45/h7,9-10,15-24,37-38,43-44,47,52,68H,5-6,8,11-14,25-36H2,1-4H3,(H,59,70)(H,63,69)(H2,58,60,61)/t44-,47+,52-/m1/s1. The second kappa shape index (κ2) is 26.4. The zero-order valence-corrected chi connectivity index (χ0v) is 44.7. The predicted octanol–water partition coefficient (Wildman–Crippen LogP) is 8.51. The van der Waals surface area contributed by atoms with E-state index in [2.05, 4.69) is 35.2 Å². The molecule has 6 aromatic rings. The Morgan fingerprint density at radius 3 is 2.19 bits per heavy atom. The molecule has 3 amide bonds. The number of carbonyl (C=O) groups excluding carboxylic acids is 3. The number of para-hydroxylation sites is 1. The number of nitrogens with one attached hydrogen (secondary N) is 2. The number of fused-ring (bicyclic) bond motifs is 1. The van der Waals surface area contributed by atoms with Gasteiger partial charge in [-0.15, -0.1) is 11.3 Å². The van der Waals surface area contributed by atoms with E-state index in [-0.39, 0.29) is 38.1 Å². The lowest BCUT2D eigenvalue weighted by molar-refractivity contribution is -0.144. The van der Waals surface area contributed by atoms with Crippen molar-refractivity contribution in [2.45, 2.75) is 123 Å². The number of aliphatic hydroxyl groups excluding tert-OH is 1. The predicted molar refractivity (Wildman–Crippen MR) is 292 cm³/mol. The highest BCUT2D eigenvalue weighted by atomic mass is 32.1. The summed E-state index contributed by atoms with van der Waals surface area (Å²) in [6, 6.07) is 24.0. The molecule has 8 rings (SSSR count). The van der Waals surface area contributed by atoms with E-state index in [0.29, 0.717) is 19.0 Å². The number of nitrogens with zero attached hydrogens (tertiary/aromatic N) is 7. The summed E-state index contributed by atoms with van der Waals surface area (Å²) < 4.78 is 19.7. The Kier molecular flexibility index (Phi) is 19.4. The zero-order chi connectivity index (χ0) is 52.7. The van der Waals surface area contributed by atoms with Crippen molar-refractivity contribution in [1.29, 1.82) is 0 Å². The summed E-state index contributed by atoms with van der Waals surface area (Å²) in [5, 5.41) is 22.3. The van der Waals surface area contributed by atoms with E-state index in [9.17, 15) is 19.5 Å². The summed E-state index contributed by atoms with van der Waals surface area (Å²) >= 11 is 1.58. The maximum absolute atomic E-state index is 14.0. The summed E-state index contributed by atoms with van der Waals surface area (Å²) in [6.07, 6.45) is 9.89. The van der Waals surface area contributed by atoms with Crippen molar-refractivity contribution in [3.8, 4) is 33.2 Å². The molecule has 2 fully saturated rings. The van der Waals surface area contributed by atoms with Crippen LogP contribution in [0, 0.1) is 12.3 Å². The van der Waals surface area contributed by atoms with E-state index in [1.807, 2.05) is 112 Å². The molecule has 0 bridgehead atoms. The number of likely N-dealkylation sites (tertiary alicyclic amines) is 2. The second-order valence-corrected chi connectivity index (χ2v) is 21.7. The van der Waals surface area contributed by atoms with Crippen molar-refractivity contribution < 1.29 is 33.7 Å². The van der Waals surface area contributed by atoms with Crippen molar-refractivity contribution >= 4 is 45.9 Å². The fourth-order valence-corrected chi connectivity index (χ4v) is 10.7. The van der Waals surface area contributed by atoms with Gasteiger partial charge in [0.25, 0.3) is 0 Å². The summed E-state index contributed by atoms with van der Waals surface area (Å²) in [5.74, 6) is 0.801. The molecule has 400 valence electrons. The van der Waals surface area contributed by atoms with Crippen LogP contribution in [0.2, 0.25) is 0 Å². The lowest BCUT2D eigenvalue weighted by Crippen LogP contribution is -2.58. The van der Waals surface area contributed by atoms with Crippen LogP contribution in [-0.4, -0.2) is 128 Å². The minimum atomic E-state index is -0.918. The molecule has 0 saturated carbocycles. The highest BCUT2D eigenvalue weighted by Gasteiger charge is 2.44. The molecule has 2 aliphatic rings. The van der Waals surface area contributed by atoms with Crippen LogP contribution in [0.3, 0.4) is 0 Å². The average Bonchev–Trinajstić information content (AvgIpc) is 4.15. The van der Waals surface area contributed by atoms with E-state index in [0.717, 1.165) is 133 Å². The maximum atomic E-state index is 14.0. The Morgan fingerprint density at radius 2 is 1.49 bits per heavy atom. The van der Waals surface area contributed by atoms with Gasteiger partial charge in [-0.3, -0.25) is 14.4 Å². The molecule has 0 unspecified atom stereocenters. The van der Waals surface area contributed by atoms with Crippen LogP contribution >= 0.6 is 11.3 Å². The van der Waals surface area contributed by atoms with Gasteiger partial charge in [0.1, 0.15) is 48.0 Å². The fourth-order valence-electron chi connectivity index (χ4n) is 9.87. The Morgan fingerprint density at radius 1 is 0.827 bits per heavy atom. The number of carbonyl (C=O) groups is 3. The van der Waals surface area contributed by atoms with Crippen LogP contribution in [0.5, 0.6) is 11.5 Å². The highest BCUT2D eigenvalue weighted by Crippen LogP contribution is 2.36. The van der Waals surface area contributed by atoms with Crippen LogP contribution in [0.4, 0.5) is 5.82 Å². The average molecular weight is 1040 g/mol. The minimum absolute atomic E-state index is 0.0111. The number of aliphatic hydroxyl groups is 1. The molecular formula is C57H74N10O7S. The van der Waals surface area contributed by atoms with E-state index in [1.54, 1.807) is 11.3 Å². The first-order valence-electron chi connectivity index (χ1n) is 26.6. The summed E-state index contributed by atoms with van der Waals surface area (Å²) in [7, 11) is 0. The summed E-state index contributed by atoms with van der Waals surface area (Å²) in [5.41, 5.74) is 13.0. The van der Waals surface area contributed by atoms with Crippen LogP contribution in [0.25, 0.3) is 32.7 Å². The van der Waals surface area contributed by atoms with E-state index in [1.165, 1.54) is 17.6 Å². The number of aromatic nitrogens is 5. The molecule has 3 atom stereocenters. The Bertz CT molecular complexity index is 2770. The zero-order valence-electron chi connectivity index (χ0n) is 43.9. The number of piperidine rings is 1. The SMILES string of the molecule is Cc1ncsc1-c1ccc(CNC(=O)[C@@H]2C[C@@H](O)CN2C(=O)[C@@H](NC(=O)COCCCCCOCCCCCCN2CCC(n3nc(-c4ccc(Oc5ccccc5)cc4)c4c(N)ncnc43)CC2)C(C)(C)C)cc1. The lowest BCUT2D eigenvalue weighted by atomic mass is 9.85. The largest absolute Gasteiger partial charge is 0.457 e. The van der Waals surface area contributed by atoms with Crippen molar-refractivity contribution in [2.24, 2.45) is 5.41 Å². The van der Waals surface area contributed by atoms with Crippen LogP contribution < -0.4 is 21.1 Å². The Balaban J connectivity index is 0.658. The third-order valence-corrected chi connectivity index (χ3v) is 15.0. The van der Waals surface area contributed by atoms with Gasteiger partial charge in [0.2, 0.25) is 17.7 Å². The Labute approximate surface area is 444 Å². The van der Waals surface area contributed by atoms with Crippen LogP contribution in [0.1, 0.15) is 102 Å². The summed E-state index contributed by atoms with van der Waals surface area (Å²) in [6.45, 7) is 12.6. The number of rotatable bonds is 25. The first-order valence-corrected chi connectivity index (χ1v) is 27.4. The number of aryl methyl sites for hydroxylation is 1. The molecule has 5 N–H and O–H groups in total. The number of ether oxygens (including phenoxy) is 3. The smallest absolute Gasteiger partial charge is 0.246 e. The quantitative estimate of drug-likeness (QED) is 0.0397. The summed E-state index contributed by atoms with van der Waals surface area (Å²) in [4.78, 5) is 58.8. The molecule has 18 heteroatoms. The number of hydrogen-bond donors (Lipinski definition) is 4. The molecule has 3 aromatic carbocycles. The molecule has 0 radical (unpaired) electrons. The van der Waals surface area contributed by atoms with Gasteiger partial charge in [-0.05, 0) is 111 Å². The molecule has 0 spiro atoms. The second-order valence-electron chi connectivity index (χ2n) is 20.8. The number of nitrogen functional groups attached to an aromatic ring is 1. The molecular weight excluding hydrogens is 969 g/mol.